The highest BCUT2D eigenvalue weighted by Crippen LogP contribution is 2.21. The summed E-state index contributed by atoms with van der Waals surface area (Å²) in [6.45, 7) is 3.81. The molecule has 0 radical (unpaired) electrons. The summed E-state index contributed by atoms with van der Waals surface area (Å²) in [5, 5.41) is 3.24. The third-order valence-corrected chi connectivity index (χ3v) is 2.48. The van der Waals surface area contributed by atoms with E-state index >= 15 is 0 Å². The van der Waals surface area contributed by atoms with Crippen LogP contribution in [0, 0.1) is 12.7 Å². The summed E-state index contributed by atoms with van der Waals surface area (Å²) in [4.78, 5) is 0. The first kappa shape index (κ1) is 9.41. The zero-order valence-electron chi connectivity index (χ0n) is 8.31. The molecular formula is C12H14FN. The maximum absolute atomic E-state index is 13.1. The van der Waals surface area contributed by atoms with Crippen molar-refractivity contribution in [3.63, 3.8) is 0 Å². The lowest BCUT2D eigenvalue weighted by Gasteiger charge is -2.14. The van der Waals surface area contributed by atoms with Gasteiger partial charge in [0.1, 0.15) is 5.82 Å². The molecule has 0 aliphatic carbocycles. The summed E-state index contributed by atoms with van der Waals surface area (Å²) in [7, 11) is 0. The first-order valence-corrected chi connectivity index (χ1v) is 4.93. The highest BCUT2D eigenvalue weighted by molar-refractivity contribution is 5.67. The Labute approximate surface area is 83.6 Å². The Morgan fingerprint density at radius 2 is 2.14 bits per heavy atom. The van der Waals surface area contributed by atoms with Crippen molar-refractivity contribution in [3.05, 3.63) is 41.2 Å². The van der Waals surface area contributed by atoms with Crippen molar-refractivity contribution in [1.82, 2.24) is 5.32 Å². The van der Waals surface area contributed by atoms with Gasteiger partial charge in [-0.25, -0.2) is 4.39 Å². The third-order valence-electron chi connectivity index (χ3n) is 2.48. The summed E-state index contributed by atoms with van der Waals surface area (Å²) in [6, 6.07) is 5.22. The molecule has 1 aliphatic heterocycles. The van der Waals surface area contributed by atoms with E-state index in [0.29, 0.717) is 0 Å². The van der Waals surface area contributed by atoms with Crippen molar-refractivity contribution < 1.29 is 4.39 Å². The number of aryl methyl sites for hydroxylation is 1. The first-order chi connectivity index (χ1) is 6.75. The van der Waals surface area contributed by atoms with Crippen LogP contribution in [0.4, 0.5) is 4.39 Å². The highest BCUT2D eigenvalue weighted by Gasteiger charge is 2.06. The molecule has 0 amide bonds. The molecule has 0 saturated carbocycles. The smallest absolute Gasteiger partial charge is 0.124 e. The SMILES string of the molecule is Cc1cc(F)cc(C2=CCNCC2)c1. The molecule has 0 bridgehead atoms. The van der Waals surface area contributed by atoms with E-state index in [0.717, 1.165) is 30.6 Å². The second-order valence-corrected chi connectivity index (χ2v) is 3.70. The standard InChI is InChI=1S/C12H14FN/c1-9-6-11(8-12(13)7-9)10-2-4-14-5-3-10/h2,6-8,14H,3-5H2,1H3. The van der Waals surface area contributed by atoms with Crippen LogP contribution in [0.1, 0.15) is 17.5 Å². The normalized spacial score (nSPS) is 16.6. The molecule has 2 rings (SSSR count). The fourth-order valence-electron chi connectivity index (χ4n) is 1.81. The molecule has 0 atom stereocenters. The number of benzene rings is 1. The third kappa shape index (κ3) is 2.02. The van der Waals surface area contributed by atoms with Crippen LogP contribution in [-0.2, 0) is 0 Å². The molecule has 1 aliphatic rings. The van der Waals surface area contributed by atoms with Crippen molar-refractivity contribution in [2.24, 2.45) is 0 Å². The van der Waals surface area contributed by atoms with E-state index in [9.17, 15) is 4.39 Å². The number of nitrogens with one attached hydrogen (secondary N) is 1. The molecule has 1 aromatic rings. The largest absolute Gasteiger partial charge is 0.313 e. The Bertz CT molecular complexity index is 348. The molecule has 1 aromatic carbocycles. The van der Waals surface area contributed by atoms with Crippen LogP contribution in [0.2, 0.25) is 0 Å². The summed E-state index contributed by atoms with van der Waals surface area (Å²) in [5.74, 6) is -0.139. The number of hydrogen-bond donors (Lipinski definition) is 1. The molecule has 1 N–H and O–H groups in total. The molecule has 0 spiro atoms. The fraction of sp³-hybridized carbons (Fsp3) is 0.333. The van der Waals surface area contributed by atoms with Crippen LogP contribution in [0.15, 0.2) is 24.3 Å². The minimum Gasteiger partial charge on any atom is -0.313 e. The van der Waals surface area contributed by atoms with E-state index in [1.807, 2.05) is 13.0 Å². The zero-order chi connectivity index (χ0) is 9.97. The van der Waals surface area contributed by atoms with Crippen LogP contribution < -0.4 is 5.32 Å². The lowest BCUT2D eigenvalue weighted by atomic mass is 9.99. The minimum atomic E-state index is -0.139. The maximum Gasteiger partial charge on any atom is 0.124 e. The van der Waals surface area contributed by atoms with Gasteiger partial charge in [-0.1, -0.05) is 12.1 Å². The maximum atomic E-state index is 13.1. The second-order valence-electron chi connectivity index (χ2n) is 3.70. The molecule has 1 heterocycles. The Morgan fingerprint density at radius 1 is 1.29 bits per heavy atom. The second kappa shape index (κ2) is 3.93. The molecule has 1 nitrogen and oxygen atoms in total. The van der Waals surface area contributed by atoms with E-state index in [1.165, 1.54) is 5.57 Å². The lowest BCUT2D eigenvalue weighted by Crippen LogP contribution is -2.20. The van der Waals surface area contributed by atoms with Crippen molar-refractivity contribution in [1.29, 1.82) is 0 Å². The van der Waals surface area contributed by atoms with Gasteiger partial charge < -0.3 is 5.32 Å². The molecule has 14 heavy (non-hydrogen) atoms. The Balaban J connectivity index is 2.35. The van der Waals surface area contributed by atoms with Crippen LogP contribution in [0.25, 0.3) is 5.57 Å². The summed E-state index contributed by atoms with van der Waals surface area (Å²) in [6.07, 6.45) is 3.13. The predicted octanol–water partition coefficient (Wildman–Crippen LogP) is 2.51. The first-order valence-electron chi connectivity index (χ1n) is 4.93. The molecule has 0 unspecified atom stereocenters. The predicted molar refractivity (Wildman–Crippen MR) is 56.6 cm³/mol. The van der Waals surface area contributed by atoms with Gasteiger partial charge in [-0.15, -0.1) is 0 Å². The Hall–Kier alpha value is -1.15. The van der Waals surface area contributed by atoms with Gasteiger partial charge in [0.25, 0.3) is 0 Å². The van der Waals surface area contributed by atoms with Gasteiger partial charge >= 0.3 is 0 Å². The summed E-state index contributed by atoms with van der Waals surface area (Å²) in [5.41, 5.74) is 3.27. The van der Waals surface area contributed by atoms with Gasteiger partial charge in [0.15, 0.2) is 0 Å². The summed E-state index contributed by atoms with van der Waals surface area (Å²) < 4.78 is 13.1. The molecule has 74 valence electrons. The molecular weight excluding hydrogens is 177 g/mol. The Kier molecular flexibility index (Phi) is 2.64. The van der Waals surface area contributed by atoms with Gasteiger partial charge in [-0.05, 0) is 48.7 Å². The minimum absolute atomic E-state index is 0.139. The van der Waals surface area contributed by atoms with Crippen molar-refractivity contribution in [3.8, 4) is 0 Å². The highest BCUT2D eigenvalue weighted by atomic mass is 19.1. The van der Waals surface area contributed by atoms with Gasteiger partial charge in [-0.3, -0.25) is 0 Å². The van der Waals surface area contributed by atoms with E-state index in [-0.39, 0.29) is 5.82 Å². The van der Waals surface area contributed by atoms with E-state index < -0.39 is 0 Å². The average molecular weight is 191 g/mol. The fourth-order valence-corrected chi connectivity index (χ4v) is 1.81. The van der Waals surface area contributed by atoms with Gasteiger partial charge in [-0.2, -0.15) is 0 Å². The van der Waals surface area contributed by atoms with Crippen LogP contribution in [0.5, 0.6) is 0 Å². The average Bonchev–Trinajstić information content (AvgIpc) is 2.18. The Morgan fingerprint density at radius 3 is 2.79 bits per heavy atom. The molecule has 0 fully saturated rings. The molecule has 2 heteroatoms. The topological polar surface area (TPSA) is 12.0 Å². The van der Waals surface area contributed by atoms with Crippen molar-refractivity contribution in [2.45, 2.75) is 13.3 Å². The number of hydrogen-bond acceptors (Lipinski definition) is 1. The van der Waals surface area contributed by atoms with Gasteiger partial charge in [0, 0.05) is 6.54 Å². The lowest BCUT2D eigenvalue weighted by molar-refractivity contribution is 0.625. The monoisotopic (exact) mass is 191 g/mol. The number of rotatable bonds is 1. The summed E-state index contributed by atoms with van der Waals surface area (Å²) >= 11 is 0. The molecule has 0 aromatic heterocycles. The van der Waals surface area contributed by atoms with E-state index in [4.69, 9.17) is 0 Å². The van der Waals surface area contributed by atoms with Crippen molar-refractivity contribution in [2.75, 3.05) is 13.1 Å². The number of halogens is 1. The zero-order valence-corrected chi connectivity index (χ0v) is 8.31. The van der Waals surface area contributed by atoms with Crippen LogP contribution in [-0.4, -0.2) is 13.1 Å². The quantitative estimate of drug-likeness (QED) is 0.719. The van der Waals surface area contributed by atoms with Crippen LogP contribution in [0.3, 0.4) is 0 Å². The van der Waals surface area contributed by atoms with Gasteiger partial charge in [0.05, 0.1) is 0 Å². The van der Waals surface area contributed by atoms with Crippen molar-refractivity contribution >= 4 is 5.57 Å². The van der Waals surface area contributed by atoms with E-state index in [2.05, 4.69) is 11.4 Å². The van der Waals surface area contributed by atoms with E-state index in [1.54, 1.807) is 12.1 Å². The van der Waals surface area contributed by atoms with Gasteiger partial charge in [0.2, 0.25) is 0 Å². The molecule has 0 saturated heterocycles. The van der Waals surface area contributed by atoms with Crippen LogP contribution >= 0.6 is 0 Å².